The molecule has 3 fully saturated rings. The molecular formula is C20H28F3N5O. The van der Waals surface area contributed by atoms with Crippen molar-refractivity contribution in [2.75, 3.05) is 37.6 Å². The van der Waals surface area contributed by atoms with E-state index in [0.717, 1.165) is 51.3 Å². The van der Waals surface area contributed by atoms with Crippen LogP contribution in [0.3, 0.4) is 0 Å². The summed E-state index contributed by atoms with van der Waals surface area (Å²) < 4.78 is 38.9. The third-order valence-corrected chi connectivity index (χ3v) is 6.76. The highest BCUT2D eigenvalue weighted by molar-refractivity contribution is 5.83. The first-order chi connectivity index (χ1) is 13.7. The zero-order chi connectivity index (χ0) is 20.8. The summed E-state index contributed by atoms with van der Waals surface area (Å²) in [6.07, 6.45) is -0.937. The highest BCUT2D eigenvalue weighted by Gasteiger charge is 2.57. The molecule has 0 bridgehead atoms. The number of rotatable bonds is 4. The molecule has 1 aromatic heterocycles. The van der Waals surface area contributed by atoms with E-state index in [1.807, 2.05) is 4.90 Å². The molecule has 6 nitrogen and oxygen atoms in total. The summed E-state index contributed by atoms with van der Waals surface area (Å²) in [6.45, 7) is 8.31. The fourth-order valence-corrected chi connectivity index (χ4v) is 5.07. The molecule has 0 unspecified atom stereocenters. The molecule has 160 valence electrons. The maximum Gasteiger partial charge on any atom is 0.433 e. The van der Waals surface area contributed by atoms with Gasteiger partial charge in [0.05, 0.1) is 5.92 Å². The molecule has 4 heterocycles. The molecule has 9 heteroatoms. The maximum atomic E-state index is 13.0. The predicted molar refractivity (Wildman–Crippen MR) is 102 cm³/mol. The molecule has 1 aromatic rings. The normalized spacial score (nSPS) is 27.0. The number of nitrogens with one attached hydrogen (secondary N) is 1. The first-order valence-electron chi connectivity index (χ1n) is 10.4. The lowest BCUT2D eigenvalue weighted by molar-refractivity contribution is -0.141. The van der Waals surface area contributed by atoms with E-state index in [2.05, 4.69) is 34.0 Å². The largest absolute Gasteiger partial charge is 0.433 e. The highest BCUT2D eigenvalue weighted by atomic mass is 19.4. The summed E-state index contributed by atoms with van der Waals surface area (Å²) in [4.78, 5) is 24.3. The number of amides is 1. The molecule has 0 saturated carbocycles. The molecule has 1 amide bonds. The second-order valence-corrected chi connectivity index (χ2v) is 9.05. The minimum absolute atomic E-state index is 0.0320. The van der Waals surface area contributed by atoms with Crippen molar-refractivity contribution in [3.8, 4) is 0 Å². The van der Waals surface area contributed by atoms with E-state index in [9.17, 15) is 18.0 Å². The van der Waals surface area contributed by atoms with Crippen LogP contribution in [0.2, 0.25) is 0 Å². The molecule has 0 aliphatic carbocycles. The lowest BCUT2D eigenvalue weighted by Gasteiger charge is -2.43. The number of aromatic nitrogens is 2. The average Bonchev–Trinajstić information content (AvgIpc) is 3.20. The van der Waals surface area contributed by atoms with Crippen LogP contribution in [0.15, 0.2) is 12.4 Å². The van der Waals surface area contributed by atoms with Crippen LogP contribution < -0.4 is 10.2 Å². The Bertz CT molecular complexity index is 761. The summed E-state index contributed by atoms with van der Waals surface area (Å²) in [5.74, 6) is 1.38. The minimum atomic E-state index is -4.48. The SMILES string of the molecule is CC(C)CCN1C[C@@H]2C(=O)NC3(CCN(c4cc(C(F)(F)F)ncn4)CC3)[C@H]2C1. The van der Waals surface area contributed by atoms with Gasteiger partial charge in [0.1, 0.15) is 17.8 Å². The molecule has 3 aliphatic heterocycles. The minimum Gasteiger partial charge on any atom is -0.356 e. The third-order valence-electron chi connectivity index (χ3n) is 6.76. The van der Waals surface area contributed by atoms with Gasteiger partial charge in [-0.2, -0.15) is 13.2 Å². The van der Waals surface area contributed by atoms with Gasteiger partial charge in [0, 0.05) is 43.7 Å². The molecule has 3 saturated heterocycles. The van der Waals surface area contributed by atoms with Gasteiger partial charge in [-0.05, 0) is 31.7 Å². The number of carbonyl (C=O) groups is 1. The number of halogens is 3. The number of nitrogens with zero attached hydrogens (tertiary/aromatic N) is 4. The standard InChI is InChI=1S/C20H28F3N5O/c1-13(2)3-6-27-10-14-15(11-27)19(26-18(14)29)4-7-28(8-5-19)17-9-16(20(21,22)23)24-12-25-17/h9,12-15H,3-8,10-11H2,1-2H3,(H,26,29)/t14-,15-/m0/s1. The van der Waals surface area contributed by atoms with E-state index >= 15 is 0 Å². The fraction of sp³-hybridized carbons (Fsp3) is 0.750. The number of fused-ring (bicyclic) bond motifs is 2. The summed E-state index contributed by atoms with van der Waals surface area (Å²) in [5.41, 5.74) is -1.17. The molecule has 1 N–H and O–H groups in total. The molecule has 29 heavy (non-hydrogen) atoms. The van der Waals surface area contributed by atoms with Crippen LogP contribution >= 0.6 is 0 Å². The molecule has 0 radical (unpaired) electrons. The third kappa shape index (κ3) is 3.93. The van der Waals surface area contributed by atoms with Gasteiger partial charge >= 0.3 is 6.18 Å². The first-order valence-corrected chi connectivity index (χ1v) is 10.4. The number of alkyl halides is 3. The number of anilines is 1. The Balaban J connectivity index is 1.43. The maximum absolute atomic E-state index is 13.0. The van der Waals surface area contributed by atoms with Gasteiger partial charge in [-0.15, -0.1) is 0 Å². The number of hydrogen-bond donors (Lipinski definition) is 1. The Kier molecular flexibility index (Phi) is 5.21. The van der Waals surface area contributed by atoms with Crippen molar-refractivity contribution in [2.24, 2.45) is 17.8 Å². The Labute approximate surface area is 168 Å². The van der Waals surface area contributed by atoms with E-state index in [0.29, 0.717) is 24.8 Å². The van der Waals surface area contributed by atoms with E-state index in [-0.39, 0.29) is 23.3 Å². The summed E-state index contributed by atoms with van der Waals surface area (Å²) >= 11 is 0. The van der Waals surface area contributed by atoms with Crippen LogP contribution in [0.4, 0.5) is 19.0 Å². The second kappa shape index (κ2) is 7.41. The van der Waals surface area contributed by atoms with Crippen molar-refractivity contribution < 1.29 is 18.0 Å². The van der Waals surface area contributed by atoms with Gasteiger partial charge in [0.2, 0.25) is 5.91 Å². The number of piperidine rings is 1. The molecule has 3 aliphatic rings. The lowest BCUT2D eigenvalue weighted by Crippen LogP contribution is -2.55. The van der Waals surface area contributed by atoms with Gasteiger partial charge in [-0.3, -0.25) is 4.79 Å². The zero-order valence-corrected chi connectivity index (χ0v) is 16.9. The van der Waals surface area contributed by atoms with Crippen molar-refractivity contribution in [1.29, 1.82) is 0 Å². The second-order valence-electron chi connectivity index (χ2n) is 9.05. The topological polar surface area (TPSA) is 61.4 Å². The van der Waals surface area contributed by atoms with E-state index in [1.54, 1.807) is 0 Å². The van der Waals surface area contributed by atoms with Crippen molar-refractivity contribution in [3.63, 3.8) is 0 Å². The molecule has 4 rings (SSSR count). The van der Waals surface area contributed by atoms with Crippen molar-refractivity contribution in [2.45, 2.75) is 44.8 Å². The number of carbonyl (C=O) groups excluding carboxylic acids is 1. The Morgan fingerprint density at radius 2 is 1.97 bits per heavy atom. The van der Waals surface area contributed by atoms with Gasteiger partial charge < -0.3 is 15.1 Å². The Morgan fingerprint density at radius 1 is 1.24 bits per heavy atom. The number of hydrogen-bond acceptors (Lipinski definition) is 5. The van der Waals surface area contributed by atoms with Crippen LogP contribution in [0.25, 0.3) is 0 Å². The van der Waals surface area contributed by atoms with Crippen LogP contribution in [-0.4, -0.2) is 59.0 Å². The van der Waals surface area contributed by atoms with E-state index in [4.69, 9.17) is 0 Å². The average molecular weight is 411 g/mol. The van der Waals surface area contributed by atoms with Crippen LogP contribution in [0.1, 0.15) is 38.8 Å². The van der Waals surface area contributed by atoms with Gasteiger partial charge in [0.25, 0.3) is 0 Å². The van der Waals surface area contributed by atoms with Crippen LogP contribution in [-0.2, 0) is 11.0 Å². The Hall–Kier alpha value is -1.90. The van der Waals surface area contributed by atoms with E-state index in [1.165, 1.54) is 0 Å². The smallest absolute Gasteiger partial charge is 0.356 e. The predicted octanol–water partition coefficient (Wildman–Crippen LogP) is 2.56. The summed E-state index contributed by atoms with van der Waals surface area (Å²) in [5, 5.41) is 3.26. The van der Waals surface area contributed by atoms with Crippen molar-refractivity contribution in [3.05, 3.63) is 18.1 Å². The lowest BCUT2D eigenvalue weighted by atomic mass is 9.75. The molecular weight excluding hydrogens is 383 g/mol. The summed E-state index contributed by atoms with van der Waals surface area (Å²) in [6, 6.07) is 1.01. The van der Waals surface area contributed by atoms with Crippen molar-refractivity contribution >= 4 is 11.7 Å². The molecule has 2 atom stereocenters. The van der Waals surface area contributed by atoms with E-state index < -0.39 is 11.9 Å². The van der Waals surface area contributed by atoms with Crippen molar-refractivity contribution in [1.82, 2.24) is 20.2 Å². The monoisotopic (exact) mass is 411 g/mol. The molecule has 0 aromatic carbocycles. The van der Waals surface area contributed by atoms with Gasteiger partial charge in [0.15, 0.2) is 0 Å². The molecule has 1 spiro atoms. The van der Waals surface area contributed by atoms with Crippen LogP contribution in [0, 0.1) is 17.8 Å². The van der Waals surface area contributed by atoms with Gasteiger partial charge in [-0.25, -0.2) is 9.97 Å². The highest BCUT2D eigenvalue weighted by Crippen LogP contribution is 2.44. The van der Waals surface area contributed by atoms with Gasteiger partial charge in [-0.1, -0.05) is 13.8 Å². The fourth-order valence-electron chi connectivity index (χ4n) is 5.07. The van der Waals surface area contributed by atoms with Crippen LogP contribution in [0.5, 0.6) is 0 Å². The zero-order valence-electron chi connectivity index (χ0n) is 16.9. The number of likely N-dealkylation sites (tertiary alicyclic amines) is 1. The Morgan fingerprint density at radius 3 is 2.62 bits per heavy atom. The quantitative estimate of drug-likeness (QED) is 0.825. The first kappa shape index (κ1) is 20.4. The summed E-state index contributed by atoms with van der Waals surface area (Å²) in [7, 11) is 0.